The van der Waals surface area contributed by atoms with Gasteiger partial charge in [0, 0.05) is 18.6 Å². The van der Waals surface area contributed by atoms with Crippen molar-refractivity contribution in [3.05, 3.63) is 0 Å². The van der Waals surface area contributed by atoms with Crippen LogP contribution in [0.2, 0.25) is 0 Å². The van der Waals surface area contributed by atoms with Crippen LogP contribution in [0.15, 0.2) is 0 Å². The molecule has 2 fully saturated rings. The van der Waals surface area contributed by atoms with Crippen molar-refractivity contribution in [2.45, 2.75) is 38.8 Å². The second-order valence-electron chi connectivity index (χ2n) is 3.58. The fourth-order valence-electron chi connectivity index (χ4n) is 1.55. The summed E-state index contributed by atoms with van der Waals surface area (Å²) >= 11 is 0. The normalized spacial score (nSPS) is 48.0. The van der Waals surface area contributed by atoms with Crippen LogP contribution >= 0.6 is 0 Å². The summed E-state index contributed by atoms with van der Waals surface area (Å²) in [7, 11) is 0. The molecular formula is C8H15N. The van der Waals surface area contributed by atoms with E-state index >= 15 is 0 Å². The van der Waals surface area contributed by atoms with Crippen molar-refractivity contribution in [3.8, 4) is 0 Å². The molecule has 3 unspecified atom stereocenters. The quantitative estimate of drug-likeness (QED) is 0.516. The first kappa shape index (κ1) is 5.72. The van der Waals surface area contributed by atoms with Gasteiger partial charge in [0.15, 0.2) is 0 Å². The number of nitrogens with zero attached hydrogens (tertiary/aromatic N) is 1. The molecule has 0 N–H and O–H groups in total. The molecule has 2 rings (SSSR count). The van der Waals surface area contributed by atoms with Crippen LogP contribution in [0.1, 0.15) is 26.7 Å². The zero-order valence-corrected chi connectivity index (χ0v) is 6.30. The summed E-state index contributed by atoms with van der Waals surface area (Å²) < 4.78 is 0. The standard InChI is InChI=1S/C8H15N/c1-3-6(2)4-7-8-5-9(7)8/h6-8H,3-5H2,1-2H3/t6?,7?,8-,9?/m1/s1. The number of hydrogen-bond donors (Lipinski definition) is 0. The zero-order valence-electron chi connectivity index (χ0n) is 6.30. The van der Waals surface area contributed by atoms with Gasteiger partial charge in [-0.05, 0) is 12.3 Å². The Morgan fingerprint density at radius 2 is 2.33 bits per heavy atom. The Labute approximate surface area is 57.0 Å². The summed E-state index contributed by atoms with van der Waals surface area (Å²) in [5.74, 6) is 0.961. The van der Waals surface area contributed by atoms with E-state index in [1.54, 1.807) is 0 Å². The van der Waals surface area contributed by atoms with Crippen LogP contribution in [0.5, 0.6) is 0 Å². The lowest BCUT2D eigenvalue weighted by molar-refractivity contribution is 0.450. The van der Waals surface area contributed by atoms with Gasteiger partial charge in [-0.25, -0.2) is 0 Å². The van der Waals surface area contributed by atoms with Gasteiger partial charge >= 0.3 is 0 Å². The van der Waals surface area contributed by atoms with Gasteiger partial charge < -0.3 is 0 Å². The third-order valence-electron chi connectivity index (χ3n) is 2.81. The van der Waals surface area contributed by atoms with Crippen LogP contribution in [0.4, 0.5) is 0 Å². The highest BCUT2D eigenvalue weighted by atomic mass is 15.5. The zero-order chi connectivity index (χ0) is 6.43. The van der Waals surface area contributed by atoms with Crippen LogP contribution in [0, 0.1) is 5.92 Å². The Bertz CT molecular complexity index is 114. The predicted molar refractivity (Wildman–Crippen MR) is 38.4 cm³/mol. The van der Waals surface area contributed by atoms with Gasteiger partial charge in [-0.3, -0.25) is 4.90 Å². The molecule has 0 spiro atoms. The Kier molecular flexibility index (Phi) is 1.10. The molecule has 2 aliphatic heterocycles. The summed E-state index contributed by atoms with van der Waals surface area (Å²) in [5, 5.41) is 0. The van der Waals surface area contributed by atoms with Crippen molar-refractivity contribution >= 4 is 0 Å². The average molecular weight is 125 g/mol. The molecule has 0 amide bonds. The smallest absolute Gasteiger partial charge is 0.0383 e. The first-order valence-corrected chi connectivity index (χ1v) is 4.08. The first-order valence-electron chi connectivity index (χ1n) is 4.08. The van der Waals surface area contributed by atoms with Crippen LogP contribution in [-0.2, 0) is 0 Å². The molecule has 1 heteroatoms. The highest BCUT2D eigenvalue weighted by Gasteiger charge is 2.61. The fourth-order valence-corrected chi connectivity index (χ4v) is 1.55. The minimum atomic E-state index is 0.961. The number of rotatable bonds is 3. The Hall–Kier alpha value is -0.0400. The maximum Gasteiger partial charge on any atom is 0.0383 e. The molecule has 2 heterocycles. The largest absolute Gasteiger partial charge is 0.291 e. The summed E-state index contributed by atoms with van der Waals surface area (Å²) in [6.45, 7) is 6.06. The molecule has 2 aliphatic rings. The minimum absolute atomic E-state index is 0.961. The van der Waals surface area contributed by atoms with Crippen molar-refractivity contribution in [2.24, 2.45) is 5.92 Å². The average Bonchev–Trinajstić information content (AvgIpc) is 2.67. The van der Waals surface area contributed by atoms with Gasteiger partial charge in [0.05, 0.1) is 0 Å². The SMILES string of the molecule is CCC(C)CC1[C@H]2CN12. The summed E-state index contributed by atoms with van der Waals surface area (Å²) in [5.41, 5.74) is 0. The van der Waals surface area contributed by atoms with Gasteiger partial charge in [-0.1, -0.05) is 20.3 Å². The second kappa shape index (κ2) is 1.72. The summed E-state index contributed by atoms with van der Waals surface area (Å²) in [6.07, 6.45) is 2.82. The molecule has 4 atom stereocenters. The maximum absolute atomic E-state index is 2.58. The van der Waals surface area contributed by atoms with E-state index in [4.69, 9.17) is 0 Å². The van der Waals surface area contributed by atoms with Crippen LogP contribution < -0.4 is 0 Å². The monoisotopic (exact) mass is 125 g/mol. The molecular weight excluding hydrogens is 110 g/mol. The molecule has 0 aromatic heterocycles. The lowest BCUT2D eigenvalue weighted by Gasteiger charge is -2.08. The van der Waals surface area contributed by atoms with E-state index in [-0.39, 0.29) is 0 Å². The van der Waals surface area contributed by atoms with Gasteiger partial charge in [-0.2, -0.15) is 0 Å². The summed E-state index contributed by atoms with van der Waals surface area (Å²) in [4.78, 5) is 2.58. The molecule has 1 nitrogen and oxygen atoms in total. The first-order chi connectivity index (χ1) is 4.33. The van der Waals surface area contributed by atoms with E-state index < -0.39 is 0 Å². The fraction of sp³-hybridized carbons (Fsp3) is 1.00. The molecule has 0 radical (unpaired) electrons. The molecule has 0 saturated carbocycles. The second-order valence-corrected chi connectivity index (χ2v) is 3.58. The predicted octanol–water partition coefficient (Wildman–Crippen LogP) is 1.49. The van der Waals surface area contributed by atoms with Crippen molar-refractivity contribution < 1.29 is 0 Å². The van der Waals surface area contributed by atoms with Crippen molar-refractivity contribution in [1.82, 2.24) is 4.90 Å². The lowest BCUT2D eigenvalue weighted by atomic mass is 10.0. The topological polar surface area (TPSA) is 3.01 Å². The van der Waals surface area contributed by atoms with E-state index in [2.05, 4.69) is 18.7 Å². The van der Waals surface area contributed by atoms with Crippen LogP contribution in [-0.4, -0.2) is 23.5 Å². The Morgan fingerprint density at radius 1 is 1.67 bits per heavy atom. The molecule has 0 aromatic rings. The summed E-state index contributed by atoms with van der Waals surface area (Å²) in [6, 6.07) is 2.08. The molecule has 52 valence electrons. The van der Waals surface area contributed by atoms with Crippen LogP contribution in [0.25, 0.3) is 0 Å². The van der Waals surface area contributed by atoms with E-state index in [1.807, 2.05) is 0 Å². The Balaban J connectivity index is 1.67. The number of fused-ring (bicyclic) bond motifs is 1. The van der Waals surface area contributed by atoms with E-state index in [0.29, 0.717) is 0 Å². The third kappa shape index (κ3) is 0.877. The minimum Gasteiger partial charge on any atom is -0.291 e. The van der Waals surface area contributed by atoms with Crippen molar-refractivity contribution in [3.63, 3.8) is 0 Å². The van der Waals surface area contributed by atoms with Crippen LogP contribution in [0.3, 0.4) is 0 Å². The number of hydrogen-bond acceptors (Lipinski definition) is 1. The molecule has 0 aromatic carbocycles. The van der Waals surface area contributed by atoms with E-state index in [0.717, 1.165) is 18.0 Å². The van der Waals surface area contributed by atoms with Crippen molar-refractivity contribution in [2.75, 3.05) is 6.54 Å². The molecule has 2 saturated heterocycles. The molecule has 0 aliphatic carbocycles. The van der Waals surface area contributed by atoms with Gasteiger partial charge in [-0.15, -0.1) is 0 Å². The molecule has 9 heavy (non-hydrogen) atoms. The highest BCUT2D eigenvalue weighted by Crippen LogP contribution is 2.46. The van der Waals surface area contributed by atoms with E-state index in [1.165, 1.54) is 19.4 Å². The van der Waals surface area contributed by atoms with Gasteiger partial charge in [0.2, 0.25) is 0 Å². The van der Waals surface area contributed by atoms with E-state index in [9.17, 15) is 0 Å². The lowest BCUT2D eigenvalue weighted by Crippen LogP contribution is -2.09. The third-order valence-corrected chi connectivity index (χ3v) is 2.81. The van der Waals surface area contributed by atoms with Gasteiger partial charge in [0.25, 0.3) is 0 Å². The van der Waals surface area contributed by atoms with Gasteiger partial charge in [0.1, 0.15) is 0 Å². The molecule has 0 bridgehead atoms. The van der Waals surface area contributed by atoms with Crippen molar-refractivity contribution in [1.29, 1.82) is 0 Å². The maximum atomic E-state index is 2.58. The highest BCUT2D eigenvalue weighted by molar-refractivity contribution is 5.18. The Morgan fingerprint density at radius 3 is 2.67 bits per heavy atom.